The molecule has 2 atom stereocenters. The molecule has 0 amide bonds. The second kappa shape index (κ2) is 5.06. The molecule has 0 N–H and O–H groups in total. The minimum atomic E-state index is -0.291. The van der Waals surface area contributed by atoms with Gasteiger partial charge in [0.25, 0.3) is 0 Å². The Morgan fingerprint density at radius 2 is 1.94 bits per heavy atom. The van der Waals surface area contributed by atoms with E-state index in [1.807, 2.05) is 30.5 Å². The first-order valence-corrected chi connectivity index (χ1v) is 7.44. The van der Waals surface area contributed by atoms with Crippen molar-refractivity contribution in [3.63, 3.8) is 0 Å². The Kier molecular flexibility index (Phi) is 3.66. The monoisotopic (exact) mass is 264 g/mol. The lowest BCUT2D eigenvalue weighted by Crippen LogP contribution is -2.16. The van der Waals surface area contributed by atoms with Gasteiger partial charge in [-0.15, -0.1) is 0 Å². The molecule has 1 heterocycles. The van der Waals surface area contributed by atoms with Crippen LogP contribution in [0.3, 0.4) is 0 Å². The SMILES string of the molecule is COc1ccc([C@H]2CC(=O)C(C(C)=O)=S2C)cc1. The third-order valence-corrected chi connectivity index (χ3v) is 5.63. The number of hydrogen-bond donors (Lipinski definition) is 0. The molecule has 0 fully saturated rings. The molecular formula is C14H16O3S. The van der Waals surface area contributed by atoms with Crippen molar-refractivity contribution in [1.29, 1.82) is 0 Å². The second-order valence-corrected chi connectivity index (χ2v) is 6.42. The number of ether oxygens (including phenoxy) is 1. The number of rotatable bonds is 3. The van der Waals surface area contributed by atoms with Crippen molar-refractivity contribution in [1.82, 2.24) is 0 Å². The number of Topliss-reactive ketones (excluding diaryl/α,β-unsaturated/α-hetero) is 2. The quantitative estimate of drug-likeness (QED) is 0.787. The molecule has 1 unspecified atom stereocenters. The minimum absolute atomic E-state index is 0.00847. The molecule has 3 nitrogen and oxygen atoms in total. The van der Waals surface area contributed by atoms with E-state index in [0.717, 1.165) is 11.3 Å². The lowest BCUT2D eigenvalue weighted by Gasteiger charge is -2.13. The number of hydrogen-bond acceptors (Lipinski definition) is 3. The molecule has 0 bridgehead atoms. The summed E-state index contributed by atoms with van der Waals surface area (Å²) in [6.45, 7) is 1.48. The zero-order valence-corrected chi connectivity index (χ0v) is 11.5. The Morgan fingerprint density at radius 1 is 1.33 bits per heavy atom. The normalized spacial score (nSPS) is 23.3. The van der Waals surface area contributed by atoms with Crippen LogP contribution < -0.4 is 4.74 Å². The number of methoxy groups -OCH3 is 1. The molecular weight excluding hydrogens is 248 g/mol. The molecule has 2 rings (SSSR count). The molecule has 4 heteroatoms. The van der Waals surface area contributed by atoms with E-state index in [2.05, 4.69) is 0 Å². The van der Waals surface area contributed by atoms with Gasteiger partial charge in [-0.05, 0) is 30.9 Å². The van der Waals surface area contributed by atoms with E-state index in [9.17, 15) is 9.59 Å². The van der Waals surface area contributed by atoms with Crippen molar-refractivity contribution in [2.45, 2.75) is 18.6 Å². The van der Waals surface area contributed by atoms with E-state index in [-0.39, 0.29) is 27.3 Å². The predicted octanol–water partition coefficient (Wildman–Crippen LogP) is 2.37. The summed E-state index contributed by atoms with van der Waals surface area (Å²) in [4.78, 5) is 23.8. The van der Waals surface area contributed by atoms with Crippen molar-refractivity contribution in [3.8, 4) is 5.75 Å². The molecule has 0 aliphatic carbocycles. The number of carbonyl (C=O) groups excluding carboxylic acids is 2. The highest BCUT2D eigenvalue weighted by Gasteiger charge is 2.32. The highest BCUT2D eigenvalue weighted by atomic mass is 32.2. The van der Waals surface area contributed by atoms with E-state index in [4.69, 9.17) is 4.74 Å². The third kappa shape index (κ3) is 2.25. The van der Waals surface area contributed by atoms with Crippen LogP contribution in [0.1, 0.15) is 24.2 Å². The van der Waals surface area contributed by atoms with Crippen LogP contribution in [0.25, 0.3) is 0 Å². The van der Waals surface area contributed by atoms with Gasteiger partial charge in [-0.1, -0.05) is 12.1 Å². The van der Waals surface area contributed by atoms with Crippen molar-refractivity contribution in [3.05, 3.63) is 29.8 Å². The Balaban J connectivity index is 2.35. The summed E-state index contributed by atoms with van der Waals surface area (Å²) >= 11 is 0. The van der Waals surface area contributed by atoms with Crippen molar-refractivity contribution in [2.75, 3.05) is 13.4 Å². The van der Waals surface area contributed by atoms with Gasteiger partial charge in [0, 0.05) is 11.7 Å². The van der Waals surface area contributed by atoms with Crippen LogP contribution in [0, 0.1) is 0 Å². The minimum Gasteiger partial charge on any atom is -0.497 e. The molecule has 0 aromatic heterocycles. The van der Waals surface area contributed by atoms with Crippen LogP contribution in [0.4, 0.5) is 0 Å². The molecule has 1 aromatic carbocycles. The first kappa shape index (κ1) is 13.0. The molecule has 0 spiro atoms. The van der Waals surface area contributed by atoms with Crippen LogP contribution in [0.5, 0.6) is 5.75 Å². The molecule has 1 aromatic rings. The maximum atomic E-state index is 11.9. The Bertz CT molecular complexity index is 528. The zero-order chi connectivity index (χ0) is 13.3. The van der Waals surface area contributed by atoms with E-state index < -0.39 is 0 Å². The molecule has 18 heavy (non-hydrogen) atoms. The van der Waals surface area contributed by atoms with Gasteiger partial charge >= 0.3 is 0 Å². The topological polar surface area (TPSA) is 43.4 Å². The fraction of sp³-hybridized carbons (Fsp3) is 0.357. The van der Waals surface area contributed by atoms with Crippen LogP contribution in [-0.4, -0.2) is 29.8 Å². The van der Waals surface area contributed by atoms with E-state index in [1.54, 1.807) is 7.11 Å². The lowest BCUT2D eigenvalue weighted by atomic mass is 10.0. The second-order valence-electron chi connectivity index (χ2n) is 4.33. The van der Waals surface area contributed by atoms with Crippen LogP contribution in [0.2, 0.25) is 0 Å². The first-order valence-electron chi connectivity index (χ1n) is 5.74. The van der Waals surface area contributed by atoms with Gasteiger partial charge in [-0.25, -0.2) is 0 Å². The first-order chi connectivity index (χ1) is 8.54. The summed E-state index contributed by atoms with van der Waals surface area (Å²) in [6.07, 6.45) is 2.43. The molecule has 0 saturated heterocycles. The van der Waals surface area contributed by atoms with Crippen molar-refractivity contribution < 1.29 is 14.3 Å². The van der Waals surface area contributed by atoms with Gasteiger partial charge in [0.2, 0.25) is 0 Å². The van der Waals surface area contributed by atoms with Crippen LogP contribution >= 0.6 is 10.5 Å². The van der Waals surface area contributed by atoms with Crippen molar-refractivity contribution >= 4 is 26.9 Å². The summed E-state index contributed by atoms with van der Waals surface area (Å²) < 4.78 is 5.12. The number of ketones is 2. The average molecular weight is 264 g/mol. The van der Waals surface area contributed by atoms with Gasteiger partial charge in [-0.3, -0.25) is 9.59 Å². The van der Waals surface area contributed by atoms with Crippen LogP contribution in [-0.2, 0) is 9.59 Å². The van der Waals surface area contributed by atoms with Gasteiger partial charge in [0.1, 0.15) is 5.75 Å². The van der Waals surface area contributed by atoms with Gasteiger partial charge in [-0.2, -0.15) is 10.5 Å². The van der Waals surface area contributed by atoms with Gasteiger partial charge < -0.3 is 4.74 Å². The summed E-state index contributed by atoms with van der Waals surface area (Å²) in [5.41, 5.74) is 1.10. The lowest BCUT2D eigenvalue weighted by molar-refractivity contribution is -0.115. The smallest absolute Gasteiger partial charge is 0.173 e. The van der Waals surface area contributed by atoms with Gasteiger partial charge in [0.15, 0.2) is 11.6 Å². The summed E-state index contributed by atoms with van der Waals surface area (Å²) in [5, 5.41) is 0.141. The standard InChI is InChI=1S/C14H16O3S/c1-9(15)14-12(16)8-13(18(14)3)10-4-6-11(17-2)7-5-10/h4-7,13H,8H2,1-3H3/t13-,18?/m1/s1. The Hall–Kier alpha value is -1.42. The molecule has 0 saturated carbocycles. The maximum absolute atomic E-state index is 11.9. The van der Waals surface area contributed by atoms with E-state index in [0.29, 0.717) is 11.3 Å². The number of benzene rings is 1. The maximum Gasteiger partial charge on any atom is 0.173 e. The Morgan fingerprint density at radius 3 is 2.39 bits per heavy atom. The molecule has 1 aliphatic heterocycles. The van der Waals surface area contributed by atoms with Crippen molar-refractivity contribution in [2.24, 2.45) is 0 Å². The predicted molar refractivity (Wildman–Crippen MR) is 74.6 cm³/mol. The fourth-order valence-electron chi connectivity index (χ4n) is 2.27. The van der Waals surface area contributed by atoms with E-state index >= 15 is 0 Å². The van der Waals surface area contributed by atoms with E-state index in [1.165, 1.54) is 6.92 Å². The average Bonchev–Trinajstić information content (AvgIpc) is 2.65. The summed E-state index contributed by atoms with van der Waals surface area (Å²) in [6, 6.07) is 7.73. The third-order valence-electron chi connectivity index (χ3n) is 3.18. The summed E-state index contributed by atoms with van der Waals surface area (Å²) in [5.74, 6) is 0.728. The highest BCUT2D eigenvalue weighted by Crippen LogP contribution is 2.42. The highest BCUT2D eigenvalue weighted by molar-refractivity contribution is 8.18. The molecule has 1 aliphatic rings. The Labute approximate surface area is 109 Å². The summed E-state index contributed by atoms with van der Waals surface area (Å²) in [7, 11) is 1.33. The zero-order valence-electron chi connectivity index (χ0n) is 10.7. The number of carbonyl (C=O) groups is 2. The van der Waals surface area contributed by atoms with Crippen LogP contribution in [0.15, 0.2) is 24.3 Å². The largest absolute Gasteiger partial charge is 0.497 e. The molecule has 0 radical (unpaired) electrons. The fourth-order valence-corrected chi connectivity index (χ4v) is 4.42. The molecule has 96 valence electrons. The van der Waals surface area contributed by atoms with Gasteiger partial charge in [0.05, 0.1) is 12.0 Å².